The summed E-state index contributed by atoms with van der Waals surface area (Å²) < 4.78 is 14.9. The number of benzene rings is 3. The number of carbonyl (C=O) groups excluding carboxylic acids is 3. The van der Waals surface area contributed by atoms with E-state index in [2.05, 4.69) is 4.90 Å². The number of Topliss-reactive ketones (excluding diaryl/α,β-unsaturated/α-hetero) is 2. The van der Waals surface area contributed by atoms with Gasteiger partial charge in [0.2, 0.25) is 5.91 Å². The monoisotopic (exact) mass is 544 g/mol. The first kappa shape index (κ1) is 27.5. The van der Waals surface area contributed by atoms with Gasteiger partial charge in [-0.2, -0.15) is 0 Å². The van der Waals surface area contributed by atoms with Crippen molar-refractivity contribution in [3.8, 4) is 11.5 Å². The van der Waals surface area contributed by atoms with Crippen molar-refractivity contribution in [1.82, 2.24) is 9.80 Å². The first-order valence-corrected chi connectivity index (χ1v) is 13.5. The molecule has 2 aliphatic heterocycles. The molecule has 2 fully saturated rings. The molecule has 1 amide bonds. The van der Waals surface area contributed by atoms with Crippen molar-refractivity contribution in [1.29, 1.82) is 0 Å². The average Bonchev–Trinajstić information content (AvgIpc) is 3.44. The SMILES string of the molecule is CC(=O)N1CCC(N2CC(C(=O)c3cccc(O)c3)C(c3cccc(F)c3C)C(C(=O)c3cccc(O)c3)C2)C1. The zero-order valence-corrected chi connectivity index (χ0v) is 22.6. The van der Waals surface area contributed by atoms with Crippen molar-refractivity contribution in [2.24, 2.45) is 11.8 Å². The maximum absolute atomic E-state index is 14.9. The number of carbonyl (C=O) groups is 3. The van der Waals surface area contributed by atoms with Crippen LogP contribution in [0, 0.1) is 24.6 Å². The summed E-state index contributed by atoms with van der Waals surface area (Å²) in [5, 5.41) is 20.2. The van der Waals surface area contributed by atoms with Crippen LogP contribution in [0.25, 0.3) is 0 Å². The molecule has 0 aromatic heterocycles. The second-order valence-electron chi connectivity index (χ2n) is 10.9. The fourth-order valence-electron chi connectivity index (χ4n) is 6.37. The highest BCUT2D eigenvalue weighted by Crippen LogP contribution is 2.43. The number of nitrogens with zero attached hydrogens (tertiary/aromatic N) is 2. The summed E-state index contributed by atoms with van der Waals surface area (Å²) in [6.45, 7) is 4.91. The Hall–Kier alpha value is -4.04. The summed E-state index contributed by atoms with van der Waals surface area (Å²) in [6.07, 6.45) is 0.712. The van der Waals surface area contributed by atoms with Gasteiger partial charge in [-0.25, -0.2) is 4.39 Å². The van der Waals surface area contributed by atoms with Gasteiger partial charge in [0.05, 0.1) is 0 Å². The number of hydrogen-bond acceptors (Lipinski definition) is 6. The Morgan fingerprint density at radius 3 is 1.88 bits per heavy atom. The van der Waals surface area contributed by atoms with Gasteiger partial charge in [-0.1, -0.05) is 36.4 Å². The highest BCUT2D eigenvalue weighted by molar-refractivity contribution is 6.02. The molecular formula is C32H33FN2O5. The highest BCUT2D eigenvalue weighted by Gasteiger charge is 2.47. The van der Waals surface area contributed by atoms with Crippen molar-refractivity contribution in [2.45, 2.75) is 32.2 Å². The molecule has 2 aliphatic rings. The number of ketones is 2. The molecule has 40 heavy (non-hydrogen) atoms. The van der Waals surface area contributed by atoms with Gasteiger partial charge in [-0.05, 0) is 54.8 Å². The first-order chi connectivity index (χ1) is 19.1. The van der Waals surface area contributed by atoms with Gasteiger partial charge in [0.1, 0.15) is 17.3 Å². The lowest BCUT2D eigenvalue weighted by molar-refractivity contribution is -0.128. The van der Waals surface area contributed by atoms with Crippen LogP contribution in [-0.4, -0.2) is 69.7 Å². The molecule has 2 N–H and O–H groups in total. The Labute approximate surface area is 232 Å². The van der Waals surface area contributed by atoms with Crippen LogP contribution >= 0.6 is 0 Å². The van der Waals surface area contributed by atoms with E-state index in [0.29, 0.717) is 54.9 Å². The van der Waals surface area contributed by atoms with Crippen molar-refractivity contribution in [2.75, 3.05) is 26.2 Å². The van der Waals surface area contributed by atoms with Gasteiger partial charge < -0.3 is 15.1 Å². The quantitative estimate of drug-likeness (QED) is 0.442. The van der Waals surface area contributed by atoms with Crippen molar-refractivity contribution >= 4 is 17.5 Å². The summed E-state index contributed by atoms with van der Waals surface area (Å²) in [5.41, 5.74) is 1.60. The number of phenolic OH excluding ortho intramolecular Hbond substituents is 2. The normalized spacial score (nSPS) is 23.2. The Morgan fingerprint density at radius 1 is 0.825 bits per heavy atom. The molecule has 2 heterocycles. The molecule has 0 spiro atoms. The zero-order valence-electron chi connectivity index (χ0n) is 22.6. The minimum Gasteiger partial charge on any atom is -0.508 e. The van der Waals surface area contributed by atoms with Gasteiger partial charge in [-0.15, -0.1) is 0 Å². The number of rotatable bonds is 6. The molecule has 3 aromatic rings. The van der Waals surface area contributed by atoms with Crippen molar-refractivity contribution in [3.05, 3.63) is 94.8 Å². The predicted molar refractivity (Wildman–Crippen MR) is 148 cm³/mol. The second-order valence-corrected chi connectivity index (χ2v) is 10.9. The smallest absolute Gasteiger partial charge is 0.219 e. The first-order valence-electron chi connectivity index (χ1n) is 13.5. The minimum absolute atomic E-state index is 0.0208. The second kappa shape index (κ2) is 11.2. The van der Waals surface area contributed by atoms with E-state index in [0.717, 1.165) is 0 Å². The summed E-state index contributed by atoms with van der Waals surface area (Å²) in [6, 6.07) is 17.0. The lowest BCUT2D eigenvalue weighted by Gasteiger charge is -2.45. The fraction of sp³-hybridized carbons (Fsp3) is 0.344. The highest BCUT2D eigenvalue weighted by atomic mass is 19.1. The van der Waals surface area contributed by atoms with Gasteiger partial charge in [0, 0.05) is 68.0 Å². The number of halogens is 1. The topological polar surface area (TPSA) is 98.2 Å². The molecule has 0 bridgehead atoms. The Balaban J connectivity index is 1.63. The van der Waals surface area contributed by atoms with E-state index in [4.69, 9.17) is 0 Å². The third-order valence-electron chi connectivity index (χ3n) is 8.46. The maximum Gasteiger partial charge on any atom is 0.219 e. The molecule has 2 saturated heterocycles. The van der Waals surface area contributed by atoms with E-state index < -0.39 is 23.6 Å². The molecular weight excluding hydrogens is 511 g/mol. The predicted octanol–water partition coefficient (Wildman–Crippen LogP) is 4.56. The molecule has 0 radical (unpaired) electrons. The van der Waals surface area contributed by atoms with Crippen molar-refractivity contribution in [3.63, 3.8) is 0 Å². The Kier molecular flexibility index (Phi) is 7.72. The van der Waals surface area contributed by atoms with E-state index in [1.54, 1.807) is 48.2 Å². The zero-order chi connectivity index (χ0) is 28.6. The Morgan fingerprint density at radius 2 is 1.38 bits per heavy atom. The third-order valence-corrected chi connectivity index (χ3v) is 8.46. The molecule has 3 aromatic carbocycles. The van der Waals surface area contributed by atoms with Crippen molar-refractivity contribution < 1.29 is 29.0 Å². The standard InChI is InChI=1S/C32H33FN2O5/c1-19-26(10-5-11-29(19)33)30-27(31(39)21-6-3-8-24(37)14-21)17-35(23-12-13-34(16-23)20(2)36)18-28(30)32(40)22-7-4-9-25(38)15-22/h3-11,14-15,23,27-28,30,37-38H,12-13,16-18H2,1-2H3. The van der Waals surface area contributed by atoms with Crippen LogP contribution in [0.4, 0.5) is 4.39 Å². The number of aromatic hydroxyl groups is 2. The summed E-state index contributed by atoms with van der Waals surface area (Å²) in [7, 11) is 0. The minimum atomic E-state index is -0.728. The van der Waals surface area contributed by atoms with E-state index >= 15 is 0 Å². The van der Waals surface area contributed by atoms with Crippen LogP contribution < -0.4 is 0 Å². The van der Waals surface area contributed by atoms with Gasteiger partial charge in [-0.3, -0.25) is 19.3 Å². The fourth-order valence-corrected chi connectivity index (χ4v) is 6.37. The summed E-state index contributed by atoms with van der Waals surface area (Å²) in [4.78, 5) is 44.3. The maximum atomic E-state index is 14.9. The molecule has 8 heteroatoms. The van der Waals surface area contributed by atoms with E-state index in [1.165, 1.54) is 37.3 Å². The van der Waals surface area contributed by atoms with Crippen LogP contribution in [0.2, 0.25) is 0 Å². The third kappa shape index (κ3) is 5.36. The van der Waals surface area contributed by atoms with Crippen LogP contribution in [-0.2, 0) is 4.79 Å². The molecule has 3 unspecified atom stereocenters. The summed E-state index contributed by atoms with van der Waals surface area (Å²) >= 11 is 0. The Bertz CT molecular complexity index is 1390. The molecule has 7 nitrogen and oxygen atoms in total. The van der Waals surface area contributed by atoms with Crippen LogP contribution in [0.5, 0.6) is 11.5 Å². The lowest BCUT2D eigenvalue weighted by Crippen LogP contribution is -2.54. The number of phenols is 2. The molecule has 5 rings (SSSR count). The number of amides is 1. The molecule has 3 atom stereocenters. The van der Waals surface area contributed by atoms with Gasteiger partial charge in [0.15, 0.2) is 11.6 Å². The van der Waals surface area contributed by atoms with Gasteiger partial charge >= 0.3 is 0 Å². The van der Waals surface area contributed by atoms with E-state index in [-0.39, 0.29) is 35.0 Å². The van der Waals surface area contributed by atoms with Crippen LogP contribution in [0.1, 0.15) is 51.1 Å². The van der Waals surface area contributed by atoms with Crippen LogP contribution in [0.15, 0.2) is 66.7 Å². The lowest BCUT2D eigenvalue weighted by atomic mass is 9.67. The number of piperidine rings is 1. The van der Waals surface area contributed by atoms with E-state index in [1.807, 2.05) is 0 Å². The number of hydrogen-bond donors (Lipinski definition) is 2. The largest absolute Gasteiger partial charge is 0.508 e. The molecule has 0 saturated carbocycles. The van der Waals surface area contributed by atoms with E-state index in [9.17, 15) is 29.0 Å². The van der Waals surface area contributed by atoms with Gasteiger partial charge in [0.25, 0.3) is 0 Å². The molecule has 208 valence electrons. The average molecular weight is 545 g/mol. The molecule has 0 aliphatic carbocycles. The number of likely N-dealkylation sites (tertiary alicyclic amines) is 2. The summed E-state index contributed by atoms with van der Waals surface area (Å²) in [5.74, 6) is -3.12. The van der Waals surface area contributed by atoms with Crippen LogP contribution in [0.3, 0.4) is 0 Å².